The van der Waals surface area contributed by atoms with Crippen LogP contribution in [0.15, 0.2) is 0 Å². The number of halogens is 1. The molecule has 0 spiro atoms. The third-order valence-corrected chi connectivity index (χ3v) is 4.25. The quantitative estimate of drug-likeness (QED) is 0.516. The van der Waals surface area contributed by atoms with Crippen LogP contribution in [0.4, 0.5) is 4.79 Å². The fourth-order valence-corrected chi connectivity index (χ4v) is 2.22. The van der Waals surface area contributed by atoms with Crippen molar-refractivity contribution in [3.05, 3.63) is 0 Å². The molecule has 1 rings (SSSR count). The van der Waals surface area contributed by atoms with Crippen LogP contribution in [0.2, 0.25) is 0 Å². The van der Waals surface area contributed by atoms with Crippen LogP contribution < -0.4 is 5.32 Å². The predicted molar refractivity (Wildman–Crippen MR) is 87.6 cm³/mol. The summed E-state index contributed by atoms with van der Waals surface area (Å²) in [4.78, 5) is 11.7. The lowest BCUT2D eigenvalue weighted by molar-refractivity contribution is -0.0571. The molecule has 130 valence electrons. The van der Waals surface area contributed by atoms with Gasteiger partial charge in [0.15, 0.2) is 0 Å². The van der Waals surface area contributed by atoms with E-state index in [0.29, 0.717) is 31.7 Å². The molecule has 1 aliphatic rings. The third-order valence-electron chi connectivity index (χ3n) is 3.06. The number of nitrogens with one attached hydrogen (secondary N) is 1. The molecule has 1 aliphatic heterocycles. The smallest absolute Gasteiger partial charge is 0.407 e. The van der Waals surface area contributed by atoms with Gasteiger partial charge in [-0.15, -0.1) is 0 Å². The maximum absolute atomic E-state index is 11.7. The maximum Gasteiger partial charge on any atom is 0.407 e. The van der Waals surface area contributed by atoms with Crippen molar-refractivity contribution >= 4 is 22.0 Å². The van der Waals surface area contributed by atoms with Crippen molar-refractivity contribution in [3.63, 3.8) is 0 Å². The summed E-state index contributed by atoms with van der Waals surface area (Å²) in [7, 11) is 0. The number of ether oxygens (including phenoxy) is 4. The molecular formula is C15H28BrNO5. The molecule has 1 heterocycles. The van der Waals surface area contributed by atoms with Gasteiger partial charge in [0.25, 0.3) is 0 Å². The molecule has 0 bridgehead atoms. The Morgan fingerprint density at radius 1 is 1.32 bits per heavy atom. The zero-order valence-electron chi connectivity index (χ0n) is 13.9. The Morgan fingerprint density at radius 3 is 2.59 bits per heavy atom. The Bertz CT molecular complexity index is 341. The Balaban J connectivity index is 2.22. The van der Waals surface area contributed by atoms with Gasteiger partial charge in [0.05, 0.1) is 38.1 Å². The minimum Gasteiger partial charge on any atom is -0.444 e. The first-order chi connectivity index (χ1) is 10.2. The van der Waals surface area contributed by atoms with E-state index in [4.69, 9.17) is 18.9 Å². The van der Waals surface area contributed by atoms with E-state index in [1.54, 1.807) is 0 Å². The summed E-state index contributed by atoms with van der Waals surface area (Å²) in [6.45, 7) is 10.2. The van der Waals surface area contributed by atoms with Gasteiger partial charge >= 0.3 is 6.09 Å². The summed E-state index contributed by atoms with van der Waals surface area (Å²) in [5, 5.41) is 3.34. The molecule has 0 saturated carbocycles. The molecule has 2 atom stereocenters. The fraction of sp³-hybridized carbons (Fsp3) is 0.933. The first-order valence-electron chi connectivity index (χ1n) is 7.60. The standard InChI is InChI=1S/C15H28BrNO5/c1-14(2,3)22-13(18)17-11-15(4,10-16)21-8-7-20-12-5-6-19-9-12/h12H,5-11H2,1-4H3,(H,17,18). The number of amides is 1. The summed E-state index contributed by atoms with van der Waals surface area (Å²) < 4.78 is 22.0. The van der Waals surface area contributed by atoms with Crippen molar-refractivity contribution in [2.45, 2.75) is 51.4 Å². The highest BCUT2D eigenvalue weighted by molar-refractivity contribution is 9.09. The van der Waals surface area contributed by atoms with Gasteiger partial charge in [-0.05, 0) is 34.1 Å². The molecule has 7 heteroatoms. The second kappa shape index (κ2) is 9.05. The number of alkyl halides is 1. The van der Waals surface area contributed by atoms with Crippen molar-refractivity contribution in [2.75, 3.05) is 38.3 Å². The van der Waals surface area contributed by atoms with Crippen LogP contribution >= 0.6 is 15.9 Å². The SMILES string of the molecule is CC(C)(C)OC(=O)NCC(C)(CBr)OCCOC1CCOC1. The van der Waals surface area contributed by atoms with E-state index in [0.717, 1.165) is 13.0 Å². The number of hydrogen-bond donors (Lipinski definition) is 1. The molecule has 0 aromatic heterocycles. The van der Waals surface area contributed by atoms with Crippen molar-refractivity contribution in [1.82, 2.24) is 5.32 Å². The van der Waals surface area contributed by atoms with Gasteiger partial charge in [0.1, 0.15) is 5.60 Å². The molecule has 2 unspecified atom stereocenters. The van der Waals surface area contributed by atoms with E-state index in [9.17, 15) is 4.79 Å². The highest BCUT2D eigenvalue weighted by Gasteiger charge is 2.26. The lowest BCUT2D eigenvalue weighted by Crippen LogP contribution is -2.46. The van der Waals surface area contributed by atoms with E-state index < -0.39 is 17.3 Å². The first kappa shape index (κ1) is 19.7. The van der Waals surface area contributed by atoms with Gasteiger partial charge in [-0.3, -0.25) is 0 Å². The highest BCUT2D eigenvalue weighted by Crippen LogP contribution is 2.14. The number of alkyl carbamates (subject to hydrolysis) is 1. The average molecular weight is 382 g/mol. The predicted octanol–water partition coefficient (Wildman–Crippen LogP) is 2.49. The van der Waals surface area contributed by atoms with E-state index in [2.05, 4.69) is 21.2 Å². The molecule has 1 fully saturated rings. The van der Waals surface area contributed by atoms with E-state index in [1.807, 2.05) is 27.7 Å². The maximum atomic E-state index is 11.7. The van der Waals surface area contributed by atoms with Gasteiger partial charge in [-0.1, -0.05) is 15.9 Å². The summed E-state index contributed by atoms with van der Waals surface area (Å²) >= 11 is 3.42. The van der Waals surface area contributed by atoms with E-state index in [-0.39, 0.29) is 6.10 Å². The Kier molecular flexibility index (Phi) is 8.10. The van der Waals surface area contributed by atoms with Gasteiger partial charge in [-0.2, -0.15) is 0 Å². The van der Waals surface area contributed by atoms with Crippen LogP contribution in [-0.2, 0) is 18.9 Å². The van der Waals surface area contributed by atoms with E-state index in [1.165, 1.54) is 0 Å². The largest absolute Gasteiger partial charge is 0.444 e. The van der Waals surface area contributed by atoms with Crippen molar-refractivity contribution in [3.8, 4) is 0 Å². The molecule has 22 heavy (non-hydrogen) atoms. The lowest BCUT2D eigenvalue weighted by Gasteiger charge is -2.29. The molecule has 1 N–H and O–H groups in total. The summed E-state index contributed by atoms with van der Waals surface area (Å²) in [6.07, 6.45) is 0.678. The Labute approximate surface area is 141 Å². The van der Waals surface area contributed by atoms with Gasteiger partial charge in [0, 0.05) is 11.9 Å². The number of rotatable bonds is 8. The topological polar surface area (TPSA) is 66.0 Å². The lowest BCUT2D eigenvalue weighted by atomic mass is 10.1. The first-order valence-corrected chi connectivity index (χ1v) is 8.72. The minimum absolute atomic E-state index is 0.179. The van der Waals surface area contributed by atoms with Crippen LogP contribution in [0.1, 0.15) is 34.1 Å². The second-order valence-electron chi connectivity index (χ2n) is 6.64. The Hall–Kier alpha value is -0.370. The molecule has 0 aromatic rings. The summed E-state index contributed by atoms with van der Waals surface area (Å²) in [5.74, 6) is 0. The number of carbonyl (C=O) groups excluding carboxylic acids is 1. The molecule has 1 saturated heterocycles. The monoisotopic (exact) mass is 381 g/mol. The van der Waals surface area contributed by atoms with Gasteiger partial charge in [-0.25, -0.2) is 4.79 Å². The van der Waals surface area contributed by atoms with E-state index >= 15 is 0 Å². The van der Waals surface area contributed by atoms with Gasteiger partial charge in [0.2, 0.25) is 0 Å². The van der Waals surface area contributed by atoms with Crippen LogP contribution in [-0.4, -0.2) is 61.7 Å². The normalized spacial score (nSPS) is 21.4. The number of hydrogen-bond acceptors (Lipinski definition) is 5. The van der Waals surface area contributed by atoms with Crippen molar-refractivity contribution in [2.24, 2.45) is 0 Å². The van der Waals surface area contributed by atoms with Crippen molar-refractivity contribution < 1.29 is 23.7 Å². The van der Waals surface area contributed by atoms with Crippen LogP contribution in [0.25, 0.3) is 0 Å². The molecule has 0 aliphatic carbocycles. The van der Waals surface area contributed by atoms with Crippen molar-refractivity contribution in [1.29, 1.82) is 0 Å². The molecule has 6 nitrogen and oxygen atoms in total. The summed E-state index contributed by atoms with van der Waals surface area (Å²) in [6, 6.07) is 0. The molecule has 0 aromatic carbocycles. The average Bonchev–Trinajstić information content (AvgIpc) is 2.93. The molecular weight excluding hydrogens is 354 g/mol. The zero-order valence-corrected chi connectivity index (χ0v) is 15.5. The Morgan fingerprint density at radius 2 is 2.05 bits per heavy atom. The minimum atomic E-state index is -0.507. The van der Waals surface area contributed by atoms with Crippen LogP contribution in [0, 0.1) is 0 Å². The molecule has 0 radical (unpaired) electrons. The highest BCUT2D eigenvalue weighted by atomic mass is 79.9. The van der Waals surface area contributed by atoms with Crippen LogP contribution in [0.3, 0.4) is 0 Å². The van der Waals surface area contributed by atoms with Gasteiger partial charge < -0.3 is 24.3 Å². The third kappa shape index (κ3) is 8.31. The molecule has 1 amide bonds. The number of carbonyl (C=O) groups is 1. The fourth-order valence-electron chi connectivity index (χ4n) is 1.86. The van der Waals surface area contributed by atoms with Crippen LogP contribution in [0.5, 0.6) is 0 Å². The zero-order chi connectivity index (χ0) is 16.6. The summed E-state index contributed by atoms with van der Waals surface area (Å²) in [5.41, 5.74) is -1.01. The second-order valence-corrected chi connectivity index (χ2v) is 7.20.